The molecule has 0 aliphatic carbocycles. The molecular formula is C9H8BrF4N. The molecule has 6 heteroatoms. The van der Waals surface area contributed by atoms with E-state index in [-0.39, 0.29) is 10.0 Å². The molecule has 1 atom stereocenters. The summed E-state index contributed by atoms with van der Waals surface area (Å²) in [6.07, 6.45) is -5.53. The molecule has 2 N–H and O–H groups in total. The van der Waals surface area contributed by atoms with Gasteiger partial charge in [-0.15, -0.1) is 0 Å². The smallest absolute Gasteiger partial charge is 0.324 e. The average Bonchev–Trinajstić information content (AvgIpc) is 2.06. The Kier molecular flexibility index (Phi) is 3.72. The summed E-state index contributed by atoms with van der Waals surface area (Å²) < 4.78 is 49.1. The van der Waals surface area contributed by atoms with E-state index < -0.39 is 24.5 Å². The molecule has 0 aliphatic rings. The Morgan fingerprint density at radius 3 is 2.47 bits per heavy atom. The first-order valence-corrected chi connectivity index (χ1v) is 4.87. The number of halogens is 5. The van der Waals surface area contributed by atoms with Crippen molar-refractivity contribution in [3.05, 3.63) is 34.1 Å². The molecule has 0 bridgehead atoms. The Labute approximate surface area is 92.4 Å². The molecule has 0 fully saturated rings. The van der Waals surface area contributed by atoms with E-state index in [2.05, 4.69) is 15.9 Å². The summed E-state index contributed by atoms with van der Waals surface area (Å²) in [7, 11) is 0. The van der Waals surface area contributed by atoms with Gasteiger partial charge >= 0.3 is 6.18 Å². The van der Waals surface area contributed by atoms with Crippen molar-refractivity contribution in [2.24, 2.45) is 5.73 Å². The van der Waals surface area contributed by atoms with Crippen LogP contribution in [0.1, 0.15) is 18.0 Å². The number of nitrogens with two attached hydrogens (primary N) is 1. The van der Waals surface area contributed by atoms with E-state index in [1.54, 1.807) is 0 Å². The van der Waals surface area contributed by atoms with E-state index in [4.69, 9.17) is 5.73 Å². The molecule has 1 aromatic carbocycles. The number of alkyl halides is 3. The van der Waals surface area contributed by atoms with Crippen LogP contribution in [0.2, 0.25) is 0 Å². The Morgan fingerprint density at radius 2 is 1.93 bits per heavy atom. The van der Waals surface area contributed by atoms with Gasteiger partial charge in [0.2, 0.25) is 0 Å². The highest BCUT2D eigenvalue weighted by Crippen LogP contribution is 2.32. The number of hydrogen-bond donors (Lipinski definition) is 1. The fourth-order valence-corrected chi connectivity index (χ4v) is 1.72. The number of rotatable bonds is 2. The average molecular weight is 286 g/mol. The molecule has 0 heterocycles. The first-order chi connectivity index (χ1) is 6.81. The molecule has 15 heavy (non-hydrogen) atoms. The number of hydrogen-bond acceptors (Lipinski definition) is 1. The summed E-state index contributed by atoms with van der Waals surface area (Å²) in [5.74, 6) is -0.620. The zero-order valence-corrected chi connectivity index (χ0v) is 9.07. The molecule has 0 aliphatic heterocycles. The largest absolute Gasteiger partial charge is 0.390 e. The first kappa shape index (κ1) is 12.4. The molecular weight excluding hydrogens is 278 g/mol. The highest BCUT2D eigenvalue weighted by molar-refractivity contribution is 9.10. The Hall–Kier alpha value is -0.620. The van der Waals surface area contributed by atoms with Gasteiger partial charge in [0.1, 0.15) is 5.82 Å². The molecule has 0 saturated heterocycles. The van der Waals surface area contributed by atoms with Crippen molar-refractivity contribution in [3.8, 4) is 0 Å². The van der Waals surface area contributed by atoms with Crippen LogP contribution in [0.15, 0.2) is 22.7 Å². The summed E-state index contributed by atoms with van der Waals surface area (Å²) in [6.45, 7) is 0. The lowest BCUT2D eigenvalue weighted by Gasteiger charge is -2.15. The minimum absolute atomic E-state index is 0.0123. The van der Waals surface area contributed by atoms with Gasteiger partial charge in [0.25, 0.3) is 0 Å². The lowest BCUT2D eigenvalue weighted by molar-refractivity contribution is -0.138. The van der Waals surface area contributed by atoms with Crippen LogP contribution >= 0.6 is 15.9 Å². The molecule has 1 nitrogen and oxygen atoms in total. The maximum Gasteiger partial charge on any atom is 0.390 e. The van der Waals surface area contributed by atoms with Gasteiger partial charge in [-0.2, -0.15) is 13.2 Å². The third kappa shape index (κ3) is 3.46. The predicted octanol–water partition coefficient (Wildman–Crippen LogP) is 3.54. The van der Waals surface area contributed by atoms with E-state index in [0.717, 1.165) is 6.07 Å². The maximum atomic E-state index is 13.0. The van der Waals surface area contributed by atoms with Crippen molar-refractivity contribution in [2.45, 2.75) is 18.6 Å². The third-order valence-electron chi connectivity index (χ3n) is 1.83. The van der Waals surface area contributed by atoms with Gasteiger partial charge in [0, 0.05) is 6.04 Å². The molecule has 1 aromatic rings. The number of benzene rings is 1. The van der Waals surface area contributed by atoms with Crippen LogP contribution < -0.4 is 5.73 Å². The van der Waals surface area contributed by atoms with Crippen LogP contribution in [-0.2, 0) is 0 Å². The normalized spacial score (nSPS) is 14.0. The third-order valence-corrected chi connectivity index (χ3v) is 2.67. The van der Waals surface area contributed by atoms with Crippen LogP contribution in [0.25, 0.3) is 0 Å². The standard InChI is InChI=1S/C9H8BrF4N/c10-8-5(2-1-3-6(8)11)7(15)4-9(12,13)14/h1-3,7H,4,15H2/t7-/m0/s1. The summed E-state index contributed by atoms with van der Waals surface area (Å²) in [4.78, 5) is 0. The highest BCUT2D eigenvalue weighted by atomic mass is 79.9. The van der Waals surface area contributed by atoms with Gasteiger partial charge < -0.3 is 5.73 Å². The Bertz CT molecular complexity index is 350. The quantitative estimate of drug-likeness (QED) is 0.827. The van der Waals surface area contributed by atoms with Gasteiger partial charge in [-0.05, 0) is 27.6 Å². The molecule has 0 unspecified atom stereocenters. The predicted molar refractivity (Wildman–Crippen MR) is 51.7 cm³/mol. The monoisotopic (exact) mass is 285 g/mol. The van der Waals surface area contributed by atoms with Crippen molar-refractivity contribution < 1.29 is 17.6 Å². The lowest BCUT2D eigenvalue weighted by Crippen LogP contribution is -2.20. The molecule has 0 saturated carbocycles. The fourth-order valence-electron chi connectivity index (χ4n) is 1.17. The summed E-state index contributed by atoms with van der Waals surface area (Å²) >= 11 is 2.87. The van der Waals surface area contributed by atoms with E-state index >= 15 is 0 Å². The first-order valence-electron chi connectivity index (χ1n) is 4.07. The van der Waals surface area contributed by atoms with Crippen LogP contribution in [-0.4, -0.2) is 6.18 Å². The summed E-state index contributed by atoms with van der Waals surface area (Å²) in [5, 5.41) is 0. The fraction of sp³-hybridized carbons (Fsp3) is 0.333. The van der Waals surface area contributed by atoms with Gasteiger partial charge in [0.05, 0.1) is 10.9 Å². The molecule has 84 valence electrons. The second-order valence-electron chi connectivity index (χ2n) is 3.07. The maximum absolute atomic E-state index is 13.0. The summed E-state index contributed by atoms with van der Waals surface area (Å²) in [6, 6.07) is 2.58. The van der Waals surface area contributed by atoms with Gasteiger partial charge in [-0.3, -0.25) is 0 Å². The van der Waals surface area contributed by atoms with Crippen molar-refractivity contribution in [2.75, 3.05) is 0 Å². The van der Waals surface area contributed by atoms with Gasteiger partial charge in [-0.25, -0.2) is 4.39 Å². The van der Waals surface area contributed by atoms with E-state index in [1.807, 2.05) is 0 Å². The second kappa shape index (κ2) is 4.49. The Balaban J connectivity index is 2.92. The van der Waals surface area contributed by atoms with Crippen molar-refractivity contribution in [1.29, 1.82) is 0 Å². The van der Waals surface area contributed by atoms with E-state index in [0.29, 0.717) is 0 Å². The summed E-state index contributed by atoms with van der Waals surface area (Å²) in [5.41, 5.74) is 5.45. The molecule has 0 radical (unpaired) electrons. The van der Waals surface area contributed by atoms with Crippen molar-refractivity contribution >= 4 is 15.9 Å². The van der Waals surface area contributed by atoms with Gasteiger partial charge in [0.15, 0.2) is 0 Å². The Morgan fingerprint density at radius 1 is 1.33 bits per heavy atom. The van der Waals surface area contributed by atoms with Crippen molar-refractivity contribution in [3.63, 3.8) is 0 Å². The van der Waals surface area contributed by atoms with Crippen molar-refractivity contribution in [1.82, 2.24) is 0 Å². The zero-order chi connectivity index (χ0) is 11.6. The molecule has 0 amide bonds. The minimum atomic E-state index is -4.36. The van der Waals surface area contributed by atoms with E-state index in [1.165, 1.54) is 12.1 Å². The SMILES string of the molecule is N[C@@H](CC(F)(F)F)c1cccc(F)c1Br. The van der Waals surface area contributed by atoms with Crippen LogP contribution in [0.5, 0.6) is 0 Å². The van der Waals surface area contributed by atoms with E-state index in [9.17, 15) is 17.6 Å². The topological polar surface area (TPSA) is 26.0 Å². The van der Waals surface area contributed by atoms with Crippen LogP contribution in [0.4, 0.5) is 17.6 Å². The van der Waals surface area contributed by atoms with Gasteiger partial charge in [-0.1, -0.05) is 12.1 Å². The molecule has 1 rings (SSSR count). The molecule has 0 aromatic heterocycles. The minimum Gasteiger partial charge on any atom is -0.324 e. The lowest BCUT2D eigenvalue weighted by atomic mass is 10.0. The van der Waals surface area contributed by atoms with Crippen LogP contribution in [0, 0.1) is 5.82 Å². The second-order valence-corrected chi connectivity index (χ2v) is 3.86. The van der Waals surface area contributed by atoms with Crippen LogP contribution in [0.3, 0.4) is 0 Å². The zero-order valence-electron chi connectivity index (χ0n) is 7.48. The highest BCUT2D eigenvalue weighted by Gasteiger charge is 2.31. The molecule has 0 spiro atoms.